The first-order valence-electron chi connectivity index (χ1n) is 13.3. The minimum absolute atomic E-state index is 0.00501. The molecular formula is C32H45NO2SSi. The third kappa shape index (κ3) is 7.81. The molecule has 0 aliphatic heterocycles. The Kier molecular flexibility index (Phi) is 10.6. The van der Waals surface area contributed by atoms with Crippen molar-refractivity contribution in [2.45, 2.75) is 49.8 Å². The average molecular weight is 536 g/mol. The van der Waals surface area contributed by atoms with Crippen molar-refractivity contribution in [1.82, 2.24) is 4.90 Å². The maximum atomic E-state index is 6.68. The lowest BCUT2D eigenvalue weighted by molar-refractivity contribution is 0.0248. The number of ether oxygens (including phenoxy) is 1. The molecular weight excluding hydrogens is 491 g/mol. The van der Waals surface area contributed by atoms with Gasteiger partial charge in [0.15, 0.2) is 8.32 Å². The summed E-state index contributed by atoms with van der Waals surface area (Å²) in [4.78, 5) is 2.17. The number of hydrogen-bond donors (Lipinski definition) is 0. The smallest absolute Gasteiger partial charge is 0.192 e. The van der Waals surface area contributed by atoms with Gasteiger partial charge in [-0.05, 0) is 48.9 Å². The van der Waals surface area contributed by atoms with E-state index < -0.39 is 8.32 Å². The lowest BCUT2D eigenvalue weighted by Gasteiger charge is -2.39. The standard InChI is InChI=1S/C32H45NO2SSi/c1-31(2,3)37(6,7)35-25-30(34-24-23-33(4)5)26-36-32(27-17-11-8-12-18-27,28-19-13-9-14-20-28)29-21-15-10-16-22-29/h8-22,30H,23-26H2,1-7H3. The number of benzene rings is 3. The van der Waals surface area contributed by atoms with E-state index in [1.165, 1.54) is 16.7 Å². The number of nitrogens with zero attached hydrogens (tertiary/aromatic N) is 1. The van der Waals surface area contributed by atoms with Crippen molar-refractivity contribution in [2.75, 3.05) is 39.6 Å². The van der Waals surface area contributed by atoms with Crippen molar-refractivity contribution >= 4 is 20.1 Å². The summed E-state index contributed by atoms with van der Waals surface area (Å²) in [5.41, 5.74) is 3.82. The lowest BCUT2D eigenvalue weighted by Crippen LogP contribution is -2.43. The fraction of sp³-hybridized carbons (Fsp3) is 0.438. The Hall–Kier alpha value is -1.89. The Balaban J connectivity index is 1.98. The summed E-state index contributed by atoms with van der Waals surface area (Å²) in [6.45, 7) is 13.7. The molecule has 0 bridgehead atoms. The molecule has 0 heterocycles. The predicted molar refractivity (Wildman–Crippen MR) is 163 cm³/mol. The van der Waals surface area contributed by atoms with Crippen molar-refractivity contribution in [2.24, 2.45) is 0 Å². The van der Waals surface area contributed by atoms with Crippen LogP contribution >= 0.6 is 11.8 Å². The van der Waals surface area contributed by atoms with Crippen molar-refractivity contribution < 1.29 is 9.16 Å². The number of hydrogen-bond acceptors (Lipinski definition) is 4. The summed E-state index contributed by atoms with van der Waals surface area (Å²) in [5.74, 6) is 0.820. The molecule has 0 saturated carbocycles. The molecule has 5 heteroatoms. The molecule has 0 aromatic heterocycles. The van der Waals surface area contributed by atoms with Crippen LogP contribution in [0.15, 0.2) is 91.0 Å². The Morgan fingerprint density at radius 2 is 1.19 bits per heavy atom. The van der Waals surface area contributed by atoms with E-state index >= 15 is 0 Å². The van der Waals surface area contributed by atoms with E-state index in [1.807, 2.05) is 11.8 Å². The van der Waals surface area contributed by atoms with Crippen molar-refractivity contribution in [3.63, 3.8) is 0 Å². The van der Waals surface area contributed by atoms with E-state index in [9.17, 15) is 0 Å². The maximum absolute atomic E-state index is 6.68. The zero-order valence-corrected chi connectivity index (χ0v) is 25.6. The van der Waals surface area contributed by atoms with Crippen molar-refractivity contribution in [3.8, 4) is 0 Å². The topological polar surface area (TPSA) is 21.7 Å². The first-order valence-corrected chi connectivity index (χ1v) is 17.2. The van der Waals surface area contributed by atoms with E-state index in [2.05, 4.69) is 144 Å². The second-order valence-corrected chi connectivity index (χ2v) is 17.5. The van der Waals surface area contributed by atoms with Gasteiger partial charge in [0.05, 0.1) is 24.1 Å². The van der Waals surface area contributed by atoms with Crippen LogP contribution in [0.4, 0.5) is 0 Å². The van der Waals surface area contributed by atoms with Crippen LogP contribution in [0.1, 0.15) is 37.5 Å². The highest BCUT2D eigenvalue weighted by Gasteiger charge is 2.40. The number of thioether (sulfide) groups is 1. The Morgan fingerprint density at radius 1 is 0.757 bits per heavy atom. The fourth-order valence-electron chi connectivity index (χ4n) is 4.05. The molecule has 0 aliphatic carbocycles. The Labute approximate surface area is 230 Å². The molecule has 0 aliphatic rings. The van der Waals surface area contributed by atoms with E-state index in [0.717, 1.165) is 12.3 Å². The summed E-state index contributed by atoms with van der Waals surface area (Å²) in [5, 5.41) is 0.163. The van der Waals surface area contributed by atoms with Crippen LogP contribution < -0.4 is 0 Å². The molecule has 37 heavy (non-hydrogen) atoms. The Morgan fingerprint density at radius 3 is 1.57 bits per heavy atom. The van der Waals surface area contributed by atoms with Gasteiger partial charge in [0, 0.05) is 12.3 Å². The molecule has 0 N–H and O–H groups in total. The van der Waals surface area contributed by atoms with Gasteiger partial charge < -0.3 is 14.1 Å². The summed E-state index contributed by atoms with van der Waals surface area (Å²) in [7, 11) is 2.28. The van der Waals surface area contributed by atoms with Gasteiger partial charge in [0.2, 0.25) is 0 Å². The van der Waals surface area contributed by atoms with Crippen LogP contribution in [0.3, 0.4) is 0 Å². The van der Waals surface area contributed by atoms with E-state index in [4.69, 9.17) is 9.16 Å². The van der Waals surface area contributed by atoms with Gasteiger partial charge in [-0.25, -0.2) is 0 Å². The van der Waals surface area contributed by atoms with Crippen LogP contribution in [0.2, 0.25) is 18.1 Å². The third-order valence-electron chi connectivity index (χ3n) is 7.35. The molecule has 0 spiro atoms. The zero-order valence-electron chi connectivity index (χ0n) is 23.7. The van der Waals surface area contributed by atoms with E-state index in [-0.39, 0.29) is 15.9 Å². The fourth-order valence-corrected chi connectivity index (χ4v) is 6.62. The molecule has 200 valence electrons. The Bertz CT molecular complexity index is 956. The van der Waals surface area contributed by atoms with Gasteiger partial charge in [-0.1, -0.05) is 112 Å². The number of rotatable bonds is 13. The molecule has 0 saturated heterocycles. The highest BCUT2D eigenvalue weighted by molar-refractivity contribution is 8.00. The monoisotopic (exact) mass is 535 g/mol. The van der Waals surface area contributed by atoms with Gasteiger partial charge in [-0.3, -0.25) is 0 Å². The number of likely N-dealkylation sites (N-methyl/N-ethyl adjacent to an activating group) is 1. The van der Waals surface area contributed by atoms with E-state index in [1.54, 1.807) is 0 Å². The van der Waals surface area contributed by atoms with Crippen LogP contribution in [-0.4, -0.2) is 58.9 Å². The summed E-state index contributed by atoms with van der Waals surface area (Å²) >= 11 is 1.95. The summed E-state index contributed by atoms with van der Waals surface area (Å²) in [6, 6.07) is 32.6. The molecule has 0 amide bonds. The second-order valence-electron chi connectivity index (χ2n) is 11.5. The summed E-state index contributed by atoms with van der Waals surface area (Å²) in [6.07, 6.45) is -0.00501. The van der Waals surface area contributed by atoms with Gasteiger partial charge in [-0.15, -0.1) is 11.8 Å². The molecule has 3 rings (SSSR count). The van der Waals surface area contributed by atoms with E-state index in [0.29, 0.717) is 13.2 Å². The van der Waals surface area contributed by atoms with Crippen LogP contribution in [0.25, 0.3) is 0 Å². The molecule has 3 aromatic rings. The summed E-state index contributed by atoms with van der Waals surface area (Å²) < 4.78 is 12.8. The molecule has 0 radical (unpaired) electrons. The zero-order chi connectivity index (χ0) is 26.9. The van der Waals surface area contributed by atoms with Gasteiger partial charge in [0.1, 0.15) is 0 Å². The SMILES string of the molecule is CN(C)CCOC(CO[Si](C)(C)C(C)(C)C)CSC(c1ccccc1)(c1ccccc1)c1ccccc1. The van der Waals surface area contributed by atoms with Gasteiger partial charge >= 0.3 is 0 Å². The highest BCUT2D eigenvalue weighted by atomic mass is 32.2. The predicted octanol–water partition coefficient (Wildman–Crippen LogP) is 7.68. The van der Waals surface area contributed by atoms with Gasteiger partial charge in [-0.2, -0.15) is 0 Å². The second kappa shape index (κ2) is 13.3. The van der Waals surface area contributed by atoms with Gasteiger partial charge in [0.25, 0.3) is 0 Å². The molecule has 1 unspecified atom stereocenters. The van der Waals surface area contributed by atoms with Crippen molar-refractivity contribution in [1.29, 1.82) is 0 Å². The quantitative estimate of drug-likeness (QED) is 0.165. The molecule has 1 atom stereocenters. The van der Waals surface area contributed by atoms with Crippen LogP contribution in [0.5, 0.6) is 0 Å². The van der Waals surface area contributed by atoms with Crippen molar-refractivity contribution in [3.05, 3.63) is 108 Å². The first-order chi connectivity index (χ1) is 17.6. The minimum atomic E-state index is -1.90. The van der Waals surface area contributed by atoms with Crippen LogP contribution in [-0.2, 0) is 13.9 Å². The molecule has 3 nitrogen and oxygen atoms in total. The maximum Gasteiger partial charge on any atom is 0.192 e. The molecule has 3 aromatic carbocycles. The lowest BCUT2D eigenvalue weighted by atomic mass is 9.84. The normalized spacial score (nSPS) is 13.6. The highest BCUT2D eigenvalue weighted by Crippen LogP contribution is 2.49. The van der Waals surface area contributed by atoms with Crippen LogP contribution in [0, 0.1) is 0 Å². The largest absolute Gasteiger partial charge is 0.414 e. The first kappa shape index (κ1) is 29.7. The third-order valence-corrected chi connectivity index (χ3v) is 13.5. The average Bonchev–Trinajstić information content (AvgIpc) is 2.88. The molecule has 0 fully saturated rings. The minimum Gasteiger partial charge on any atom is -0.414 e.